The molecule has 7 nitrogen and oxygen atoms in total. The monoisotopic (exact) mass is 284 g/mol. The molecule has 0 aromatic heterocycles. The molecule has 108 valence electrons. The van der Waals surface area contributed by atoms with Crippen LogP contribution in [-0.2, 0) is 4.79 Å². The summed E-state index contributed by atoms with van der Waals surface area (Å²) in [5, 5.41) is 22.4. The van der Waals surface area contributed by atoms with E-state index in [1.165, 1.54) is 13.0 Å². The van der Waals surface area contributed by atoms with E-state index in [2.05, 4.69) is 5.32 Å². The lowest BCUT2D eigenvalue weighted by Gasteiger charge is -2.41. The SMILES string of the molecule is Cc1cc(OC2(CC(=O)O)CNC2)c(F)cc1[N+](=O)[O-]. The van der Waals surface area contributed by atoms with Crippen LogP contribution in [0.1, 0.15) is 12.0 Å². The highest BCUT2D eigenvalue weighted by Gasteiger charge is 2.42. The summed E-state index contributed by atoms with van der Waals surface area (Å²) in [5.74, 6) is -2.10. The number of ether oxygens (including phenoxy) is 1. The standard InChI is InChI=1S/C12H13FN2O5/c1-7-2-10(8(13)3-9(7)15(18)19)20-12(4-11(16)17)5-14-6-12/h2-3,14H,4-6H2,1H3,(H,16,17). The van der Waals surface area contributed by atoms with E-state index in [4.69, 9.17) is 9.84 Å². The molecule has 2 rings (SSSR count). The molecule has 0 spiro atoms. The van der Waals surface area contributed by atoms with Gasteiger partial charge in [0, 0.05) is 18.7 Å². The molecule has 1 saturated heterocycles. The van der Waals surface area contributed by atoms with E-state index in [-0.39, 0.29) is 36.5 Å². The number of carboxylic acids is 1. The van der Waals surface area contributed by atoms with Crippen LogP contribution in [0.3, 0.4) is 0 Å². The summed E-state index contributed by atoms with van der Waals surface area (Å²) in [5.41, 5.74) is -1.09. The van der Waals surface area contributed by atoms with Crippen molar-refractivity contribution in [1.82, 2.24) is 5.32 Å². The zero-order valence-corrected chi connectivity index (χ0v) is 10.7. The number of nitrogens with zero attached hydrogens (tertiary/aromatic N) is 1. The van der Waals surface area contributed by atoms with Crippen LogP contribution in [0.5, 0.6) is 5.75 Å². The Bertz CT molecular complexity index is 571. The Morgan fingerprint density at radius 3 is 2.70 bits per heavy atom. The van der Waals surface area contributed by atoms with E-state index in [1.54, 1.807) is 0 Å². The number of nitro benzene ring substituents is 1. The number of benzene rings is 1. The van der Waals surface area contributed by atoms with Crippen molar-refractivity contribution >= 4 is 11.7 Å². The second-order valence-corrected chi connectivity index (χ2v) is 4.79. The fourth-order valence-corrected chi connectivity index (χ4v) is 2.07. The Hall–Kier alpha value is -2.22. The van der Waals surface area contributed by atoms with Crippen LogP contribution in [-0.4, -0.2) is 34.7 Å². The third-order valence-corrected chi connectivity index (χ3v) is 3.14. The van der Waals surface area contributed by atoms with Crippen LogP contribution in [0, 0.1) is 22.9 Å². The van der Waals surface area contributed by atoms with Gasteiger partial charge in [0.05, 0.1) is 17.4 Å². The molecule has 1 fully saturated rings. The number of nitro groups is 1. The van der Waals surface area contributed by atoms with Gasteiger partial charge in [-0.1, -0.05) is 0 Å². The smallest absolute Gasteiger partial charge is 0.307 e. The fourth-order valence-electron chi connectivity index (χ4n) is 2.07. The van der Waals surface area contributed by atoms with E-state index in [0.717, 1.165) is 6.07 Å². The minimum Gasteiger partial charge on any atom is -0.481 e. The van der Waals surface area contributed by atoms with E-state index in [1.807, 2.05) is 0 Å². The number of hydrogen-bond acceptors (Lipinski definition) is 5. The molecule has 2 N–H and O–H groups in total. The maximum atomic E-state index is 13.8. The van der Waals surface area contributed by atoms with Crippen LogP contribution < -0.4 is 10.1 Å². The molecule has 1 aliphatic rings. The second-order valence-electron chi connectivity index (χ2n) is 4.79. The predicted octanol–water partition coefficient (Wildman–Crippen LogP) is 1.24. The van der Waals surface area contributed by atoms with Crippen LogP contribution in [0.2, 0.25) is 0 Å². The third kappa shape index (κ3) is 2.69. The average Bonchev–Trinajstić information content (AvgIpc) is 2.29. The fraction of sp³-hybridized carbons (Fsp3) is 0.417. The summed E-state index contributed by atoms with van der Waals surface area (Å²) in [7, 11) is 0. The van der Waals surface area contributed by atoms with Crippen LogP contribution in [0.25, 0.3) is 0 Å². The number of carbonyl (C=O) groups is 1. The summed E-state index contributed by atoms with van der Waals surface area (Å²) in [6.07, 6.45) is -0.268. The lowest BCUT2D eigenvalue weighted by Crippen LogP contribution is -2.64. The first-order chi connectivity index (χ1) is 9.33. The van der Waals surface area contributed by atoms with Crippen molar-refractivity contribution in [1.29, 1.82) is 0 Å². The molecular weight excluding hydrogens is 271 g/mol. The maximum absolute atomic E-state index is 13.8. The van der Waals surface area contributed by atoms with Crippen molar-refractivity contribution in [2.75, 3.05) is 13.1 Å². The minimum absolute atomic E-state index is 0.171. The van der Waals surface area contributed by atoms with Gasteiger partial charge in [0.25, 0.3) is 5.69 Å². The Labute approximate surface area is 113 Å². The molecule has 8 heteroatoms. The largest absolute Gasteiger partial charge is 0.481 e. The molecule has 0 aliphatic carbocycles. The molecule has 0 radical (unpaired) electrons. The number of aryl methyl sites for hydroxylation is 1. The summed E-state index contributed by atoms with van der Waals surface area (Å²) in [4.78, 5) is 20.8. The third-order valence-electron chi connectivity index (χ3n) is 3.14. The van der Waals surface area contributed by atoms with Crippen molar-refractivity contribution in [2.24, 2.45) is 0 Å². The Morgan fingerprint density at radius 2 is 2.25 bits per heavy atom. The first-order valence-electron chi connectivity index (χ1n) is 5.89. The van der Waals surface area contributed by atoms with Crippen LogP contribution in [0.4, 0.5) is 10.1 Å². The van der Waals surface area contributed by atoms with E-state index in [0.29, 0.717) is 0 Å². The van der Waals surface area contributed by atoms with Gasteiger partial charge in [0.2, 0.25) is 0 Å². The molecule has 0 amide bonds. The molecule has 1 aromatic carbocycles. The minimum atomic E-state index is -1.05. The number of rotatable bonds is 5. The van der Waals surface area contributed by atoms with Gasteiger partial charge in [0.15, 0.2) is 11.6 Å². The van der Waals surface area contributed by atoms with E-state index >= 15 is 0 Å². The molecule has 0 atom stereocenters. The summed E-state index contributed by atoms with van der Waals surface area (Å²) >= 11 is 0. The normalized spacial score (nSPS) is 16.3. The van der Waals surface area contributed by atoms with Crippen molar-refractivity contribution in [3.63, 3.8) is 0 Å². The molecule has 0 bridgehead atoms. The van der Waals surface area contributed by atoms with Gasteiger partial charge in [-0.15, -0.1) is 0 Å². The van der Waals surface area contributed by atoms with Gasteiger partial charge in [0.1, 0.15) is 5.60 Å². The number of hydrogen-bond donors (Lipinski definition) is 2. The van der Waals surface area contributed by atoms with E-state index in [9.17, 15) is 19.3 Å². The Kier molecular flexibility index (Phi) is 3.58. The number of aliphatic carboxylic acids is 1. The summed E-state index contributed by atoms with van der Waals surface area (Å²) in [6.45, 7) is 2.04. The van der Waals surface area contributed by atoms with Crippen molar-refractivity contribution in [2.45, 2.75) is 18.9 Å². The van der Waals surface area contributed by atoms with Gasteiger partial charge in [-0.3, -0.25) is 14.9 Å². The zero-order chi connectivity index (χ0) is 14.9. The zero-order valence-electron chi connectivity index (χ0n) is 10.7. The topological polar surface area (TPSA) is 102 Å². The number of carboxylic acid groups (broad SMARTS) is 1. The van der Waals surface area contributed by atoms with Gasteiger partial charge >= 0.3 is 5.97 Å². The molecule has 1 heterocycles. The predicted molar refractivity (Wildman–Crippen MR) is 66.3 cm³/mol. The quantitative estimate of drug-likeness (QED) is 0.623. The summed E-state index contributed by atoms with van der Waals surface area (Å²) < 4.78 is 19.3. The first-order valence-corrected chi connectivity index (χ1v) is 5.89. The van der Waals surface area contributed by atoms with Gasteiger partial charge in [-0.2, -0.15) is 0 Å². The highest BCUT2D eigenvalue weighted by Crippen LogP contribution is 2.32. The van der Waals surface area contributed by atoms with E-state index < -0.39 is 22.3 Å². The first kappa shape index (κ1) is 14.2. The molecule has 1 aliphatic heterocycles. The molecule has 0 saturated carbocycles. The highest BCUT2D eigenvalue weighted by molar-refractivity contribution is 5.68. The number of halogens is 1. The molecule has 20 heavy (non-hydrogen) atoms. The van der Waals surface area contributed by atoms with Crippen LogP contribution in [0.15, 0.2) is 12.1 Å². The molecular formula is C12H13FN2O5. The molecule has 0 unspecified atom stereocenters. The lowest BCUT2D eigenvalue weighted by molar-refractivity contribution is -0.385. The van der Waals surface area contributed by atoms with Crippen molar-refractivity contribution < 1.29 is 24.0 Å². The van der Waals surface area contributed by atoms with Crippen LogP contribution >= 0.6 is 0 Å². The second kappa shape index (κ2) is 5.04. The lowest BCUT2D eigenvalue weighted by atomic mass is 9.92. The van der Waals surface area contributed by atoms with Gasteiger partial charge in [-0.25, -0.2) is 4.39 Å². The summed E-state index contributed by atoms with van der Waals surface area (Å²) in [6, 6.07) is 2.00. The average molecular weight is 284 g/mol. The maximum Gasteiger partial charge on any atom is 0.307 e. The van der Waals surface area contributed by atoms with Crippen molar-refractivity contribution in [3.05, 3.63) is 33.6 Å². The highest BCUT2D eigenvalue weighted by atomic mass is 19.1. The number of nitrogens with one attached hydrogen (secondary N) is 1. The van der Waals surface area contributed by atoms with Gasteiger partial charge < -0.3 is 15.2 Å². The molecule has 1 aromatic rings. The van der Waals surface area contributed by atoms with Gasteiger partial charge in [-0.05, 0) is 13.0 Å². The Morgan fingerprint density at radius 1 is 1.60 bits per heavy atom. The van der Waals surface area contributed by atoms with Crippen molar-refractivity contribution in [3.8, 4) is 5.75 Å². The Balaban J connectivity index is 2.27.